The van der Waals surface area contributed by atoms with Crippen molar-refractivity contribution in [2.24, 2.45) is 5.92 Å². The zero-order valence-corrected chi connectivity index (χ0v) is 20.2. The van der Waals surface area contributed by atoms with Gasteiger partial charge in [-0.15, -0.1) is 5.10 Å². The van der Waals surface area contributed by atoms with Crippen molar-refractivity contribution in [2.45, 2.75) is 32.9 Å². The summed E-state index contributed by atoms with van der Waals surface area (Å²) in [5, 5.41) is 11.3. The Bertz CT molecular complexity index is 1100. The molecule has 2 aromatic carbocycles. The Morgan fingerprint density at radius 1 is 1.12 bits per heavy atom. The summed E-state index contributed by atoms with van der Waals surface area (Å²) in [5.74, 6) is 0.544. The summed E-state index contributed by atoms with van der Waals surface area (Å²) in [4.78, 5) is 28.6. The number of nitrogens with one attached hydrogen (secondary N) is 1. The number of aromatic nitrogens is 3. The molecule has 0 bridgehead atoms. The van der Waals surface area contributed by atoms with Crippen LogP contribution in [0.4, 0.5) is 0 Å². The van der Waals surface area contributed by atoms with Gasteiger partial charge >= 0.3 is 0 Å². The summed E-state index contributed by atoms with van der Waals surface area (Å²) in [6.07, 6.45) is 0.841. The van der Waals surface area contributed by atoms with E-state index < -0.39 is 6.04 Å². The third-order valence-corrected chi connectivity index (χ3v) is 5.55. The molecule has 0 aliphatic heterocycles. The first kappa shape index (κ1) is 25.2. The maximum Gasteiger partial charge on any atom is 0.247 e. The minimum Gasteiger partial charge on any atom is -0.497 e. The van der Waals surface area contributed by atoms with Crippen LogP contribution in [-0.4, -0.2) is 65.6 Å². The van der Waals surface area contributed by atoms with Gasteiger partial charge in [0.2, 0.25) is 11.8 Å². The molecule has 1 aromatic heterocycles. The fourth-order valence-corrected chi connectivity index (χ4v) is 3.71. The van der Waals surface area contributed by atoms with Crippen LogP contribution in [-0.2, 0) is 20.9 Å². The van der Waals surface area contributed by atoms with E-state index in [0.717, 1.165) is 11.9 Å². The predicted octanol–water partition coefficient (Wildman–Crippen LogP) is 2.82. The van der Waals surface area contributed by atoms with Gasteiger partial charge in [-0.2, -0.15) is 0 Å². The van der Waals surface area contributed by atoms with Gasteiger partial charge in [-0.05, 0) is 42.2 Å². The quantitative estimate of drug-likeness (QED) is 0.440. The van der Waals surface area contributed by atoms with Gasteiger partial charge in [-0.25, -0.2) is 4.68 Å². The van der Waals surface area contributed by atoms with E-state index in [1.165, 1.54) is 0 Å². The summed E-state index contributed by atoms with van der Waals surface area (Å²) in [7, 11) is 3.14. The molecule has 182 valence electrons. The molecule has 9 nitrogen and oxygen atoms in total. The number of hydrogen-bond donors (Lipinski definition) is 1. The van der Waals surface area contributed by atoms with Crippen LogP contribution in [0.2, 0.25) is 0 Å². The SMILES string of the molecule is COCCN(C(=O)Cn1nnc2ccccc21)[C@@H](C(=O)NCCC(C)C)c1cccc(OC)c1. The highest BCUT2D eigenvalue weighted by Crippen LogP contribution is 2.26. The fourth-order valence-electron chi connectivity index (χ4n) is 3.71. The van der Waals surface area contributed by atoms with Gasteiger partial charge < -0.3 is 19.7 Å². The van der Waals surface area contributed by atoms with Crippen molar-refractivity contribution < 1.29 is 19.1 Å². The molecule has 0 fully saturated rings. The Morgan fingerprint density at radius 3 is 2.65 bits per heavy atom. The molecule has 9 heteroatoms. The van der Waals surface area contributed by atoms with E-state index in [1.807, 2.05) is 36.4 Å². The second-order valence-corrected chi connectivity index (χ2v) is 8.47. The monoisotopic (exact) mass is 467 g/mol. The molecule has 0 saturated heterocycles. The fraction of sp³-hybridized carbons (Fsp3) is 0.440. The predicted molar refractivity (Wildman–Crippen MR) is 129 cm³/mol. The lowest BCUT2D eigenvalue weighted by Gasteiger charge is -2.31. The zero-order chi connectivity index (χ0) is 24.5. The first-order valence-corrected chi connectivity index (χ1v) is 11.4. The number of para-hydroxylation sites is 1. The summed E-state index contributed by atoms with van der Waals surface area (Å²) in [5.41, 5.74) is 2.12. The second-order valence-electron chi connectivity index (χ2n) is 8.47. The minimum atomic E-state index is -0.848. The average Bonchev–Trinajstić information content (AvgIpc) is 3.24. The number of ether oxygens (including phenoxy) is 2. The molecule has 0 aliphatic rings. The number of rotatable bonds is 12. The average molecular weight is 468 g/mol. The van der Waals surface area contributed by atoms with E-state index in [4.69, 9.17) is 9.47 Å². The zero-order valence-electron chi connectivity index (χ0n) is 20.2. The maximum atomic E-state index is 13.6. The molecular weight excluding hydrogens is 434 g/mol. The van der Waals surface area contributed by atoms with Crippen molar-refractivity contribution in [3.63, 3.8) is 0 Å². The van der Waals surface area contributed by atoms with Crippen LogP contribution in [0.15, 0.2) is 48.5 Å². The Morgan fingerprint density at radius 2 is 1.91 bits per heavy atom. The molecule has 1 N–H and O–H groups in total. The maximum absolute atomic E-state index is 13.6. The smallest absolute Gasteiger partial charge is 0.247 e. The molecule has 1 heterocycles. The molecular formula is C25H33N5O4. The van der Waals surface area contributed by atoms with Gasteiger partial charge in [-0.3, -0.25) is 9.59 Å². The van der Waals surface area contributed by atoms with Gasteiger partial charge in [0.05, 0.1) is 19.2 Å². The van der Waals surface area contributed by atoms with E-state index in [0.29, 0.717) is 29.3 Å². The Hall–Kier alpha value is -3.46. The van der Waals surface area contributed by atoms with Crippen LogP contribution in [0, 0.1) is 5.92 Å². The number of amides is 2. The van der Waals surface area contributed by atoms with Crippen LogP contribution in [0.1, 0.15) is 31.9 Å². The topological polar surface area (TPSA) is 98.6 Å². The van der Waals surface area contributed by atoms with E-state index in [2.05, 4.69) is 29.5 Å². The van der Waals surface area contributed by atoms with Crippen molar-refractivity contribution >= 4 is 22.8 Å². The molecule has 0 aliphatic carbocycles. The van der Waals surface area contributed by atoms with Crippen LogP contribution in [0.3, 0.4) is 0 Å². The number of fused-ring (bicyclic) bond motifs is 1. The van der Waals surface area contributed by atoms with E-state index >= 15 is 0 Å². The number of hydrogen-bond acceptors (Lipinski definition) is 6. The van der Waals surface area contributed by atoms with Gasteiger partial charge in [0, 0.05) is 20.2 Å². The third kappa shape index (κ3) is 6.32. The number of carbonyl (C=O) groups excluding carboxylic acids is 2. The highest BCUT2D eigenvalue weighted by atomic mass is 16.5. The molecule has 0 radical (unpaired) electrons. The van der Waals surface area contributed by atoms with E-state index in [-0.39, 0.29) is 31.5 Å². The molecule has 0 unspecified atom stereocenters. The lowest BCUT2D eigenvalue weighted by Crippen LogP contribution is -2.46. The Labute approximate surface area is 200 Å². The molecule has 34 heavy (non-hydrogen) atoms. The van der Waals surface area contributed by atoms with Crippen LogP contribution in [0.25, 0.3) is 11.0 Å². The first-order valence-electron chi connectivity index (χ1n) is 11.4. The van der Waals surface area contributed by atoms with Gasteiger partial charge in [0.15, 0.2) is 0 Å². The van der Waals surface area contributed by atoms with Crippen LogP contribution >= 0.6 is 0 Å². The van der Waals surface area contributed by atoms with Crippen molar-refractivity contribution in [3.05, 3.63) is 54.1 Å². The van der Waals surface area contributed by atoms with Gasteiger partial charge in [-0.1, -0.05) is 43.3 Å². The van der Waals surface area contributed by atoms with Crippen molar-refractivity contribution in [1.82, 2.24) is 25.2 Å². The van der Waals surface area contributed by atoms with Crippen molar-refractivity contribution in [3.8, 4) is 5.75 Å². The van der Waals surface area contributed by atoms with Gasteiger partial charge in [0.1, 0.15) is 23.9 Å². The summed E-state index contributed by atoms with van der Waals surface area (Å²) >= 11 is 0. The molecule has 0 spiro atoms. The lowest BCUT2D eigenvalue weighted by molar-refractivity contribution is -0.142. The highest BCUT2D eigenvalue weighted by Gasteiger charge is 2.32. The normalized spacial score (nSPS) is 12.0. The second kappa shape index (κ2) is 12.1. The number of nitrogens with zero attached hydrogens (tertiary/aromatic N) is 4. The van der Waals surface area contributed by atoms with Crippen LogP contribution < -0.4 is 10.1 Å². The Kier molecular flexibility index (Phi) is 8.98. The molecule has 2 amide bonds. The standard InChI is InChI=1S/C25H33N5O4/c1-18(2)12-13-26-25(32)24(19-8-7-9-20(16-19)34-4)29(14-15-33-3)23(31)17-30-22-11-6-5-10-21(22)27-28-30/h5-11,16,18,24H,12-15,17H2,1-4H3,(H,26,32)/t24-/m1/s1. The number of benzene rings is 2. The molecule has 0 saturated carbocycles. The van der Waals surface area contributed by atoms with Gasteiger partial charge in [0.25, 0.3) is 0 Å². The van der Waals surface area contributed by atoms with E-state index in [9.17, 15) is 9.59 Å². The van der Waals surface area contributed by atoms with Crippen molar-refractivity contribution in [2.75, 3.05) is 33.9 Å². The first-order chi connectivity index (χ1) is 16.4. The van der Waals surface area contributed by atoms with Crippen molar-refractivity contribution in [1.29, 1.82) is 0 Å². The summed E-state index contributed by atoms with van der Waals surface area (Å²) in [6.45, 7) is 5.19. The largest absolute Gasteiger partial charge is 0.497 e. The third-order valence-electron chi connectivity index (χ3n) is 5.55. The lowest BCUT2D eigenvalue weighted by atomic mass is 10.0. The number of carbonyl (C=O) groups is 2. The highest BCUT2D eigenvalue weighted by molar-refractivity contribution is 5.89. The van der Waals surface area contributed by atoms with E-state index in [1.54, 1.807) is 35.9 Å². The summed E-state index contributed by atoms with van der Waals surface area (Å²) < 4.78 is 12.2. The molecule has 1 atom stereocenters. The molecule has 3 aromatic rings. The summed E-state index contributed by atoms with van der Waals surface area (Å²) in [6, 6.07) is 13.8. The number of methoxy groups -OCH3 is 2. The minimum absolute atomic E-state index is 0.0516. The van der Waals surface area contributed by atoms with Crippen LogP contribution in [0.5, 0.6) is 5.75 Å². The molecule has 3 rings (SSSR count). The Balaban J connectivity index is 1.94.